The highest BCUT2D eigenvalue weighted by Gasteiger charge is 2.38. The first-order valence-corrected chi connectivity index (χ1v) is 17.6. The van der Waals surface area contributed by atoms with E-state index in [-0.39, 0.29) is 11.0 Å². The highest BCUT2D eigenvalue weighted by molar-refractivity contribution is 6.06. The monoisotopic (exact) mass is 635 g/mol. The van der Waals surface area contributed by atoms with Gasteiger partial charge in [0.05, 0.1) is 5.54 Å². The molecule has 2 heteroatoms. The molecule has 0 saturated carbocycles. The second-order valence-corrected chi connectivity index (χ2v) is 14.9. The van der Waals surface area contributed by atoms with E-state index >= 15 is 0 Å². The van der Waals surface area contributed by atoms with Gasteiger partial charge in [-0.2, -0.15) is 0 Å². The van der Waals surface area contributed by atoms with Crippen LogP contribution < -0.4 is 4.90 Å². The lowest BCUT2D eigenvalue weighted by Gasteiger charge is -2.43. The van der Waals surface area contributed by atoms with Crippen LogP contribution in [-0.2, 0) is 5.41 Å². The van der Waals surface area contributed by atoms with Crippen molar-refractivity contribution < 1.29 is 4.42 Å². The minimum absolute atomic E-state index is 0.0688. The molecule has 3 aliphatic rings. The Morgan fingerprint density at radius 2 is 1.35 bits per heavy atom. The average Bonchev–Trinajstić information content (AvgIpc) is 3.61. The SMILES string of the molecule is CC1C=CC(C2=CC[C@@](C)(N(c3ccc(-c4ccc5oc6ccccc6c5c4)cc3)c3ccc4c(c3)C(C)(C)c3ccccc3-4)C=C2)=CC1. The van der Waals surface area contributed by atoms with Gasteiger partial charge < -0.3 is 9.32 Å². The Morgan fingerprint density at radius 1 is 0.633 bits per heavy atom. The predicted octanol–water partition coefficient (Wildman–Crippen LogP) is 12.9. The van der Waals surface area contributed by atoms with Gasteiger partial charge in [-0.15, -0.1) is 0 Å². The van der Waals surface area contributed by atoms with Gasteiger partial charge in [0, 0.05) is 27.6 Å². The Labute approximate surface area is 289 Å². The lowest BCUT2D eigenvalue weighted by Crippen LogP contribution is -2.42. The third-order valence-electron chi connectivity index (χ3n) is 11.2. The average molecular weight is 636 g/mol. The molecule has 240 valence electrons. The quantitative estimate of drug-likeness (QED) is 0.187. The minimum atomic E-state index is -0.254. The van der Waals surface area contributed by atoms with Crippen LogP contribution in [0.3, 0.4) is 0 Å². The van der Waals surface area contributed by atoms with Gasteiger partial charge in [-0.25, -0.2) is 0 Å². The molecule has 0 aliphatic heterocycles. The molecule has 1 aromatic heterocycles. The van der Waals surface area contributed by atoms with E-state index in [9.17, 15) is 0 Å². The van der Waals surface area contributed by atoms with Gasteiger partial charge >= 0.3 is 0 Å². The lowest BCUT2D eigenvalue weighted by atomic mass is 9.81. The van der Waals surface area contributed by atoms with Crippen LogP contribution in [0.2, 0.25) is 0 Å². The Kier molecular flexibility index (Phi) is 6.75. The zero-order valence-corrected chi connectivity index (χ0v) is 28.7. The Hall–Kier alpha value is -5.34. The first kappa shape index (κ1) is 29.8. The predicted molar refractivity (Wildman–Crippen MR) is 207 cm³/mol. The van der Waals surface area contributed by atoms with Crippen molar-refractivity contribution in [2.75, 3.05) is 4.90 Å². The smallest absolute Gasteiger partial charge is 0.135 e. The third kappa shape index (κ3) is 4.84. The summed E-state index contributed by atoms with van der Waals surface area (Å²) in [5.41, 5.74) is 14.5. The molecule has 0 fully saturated rings. The fourth-order valence-electron chi connectivity index (χ4n) is 8.32. The van der Waals surface area contributed by atoms with Gasteiger partial charge in [-0.3, -0.25) is 0 Å². The summed E-state index contributed by atoms with van der Waals surface area (Å²) in [6, 6.07) is 40.0. The highest BCUT2D eigenvalue weighted by atomic mass is 16.3. The van der Waals surface area contributed by atoms with Crippen molar-refractivity contribution in [1.82, 2.24) is 0 Å². The van der Waals surface area contributed by atoms with Crippen molar-refractivity contribution in [3.8, 4) is 22.3 Å². The van der Waals surface area contributed by atoms with Crippen molar-refractivity contribution in [2.45, 2.75) is 51.5 Å². The molecule has 0 saturated heterocycles. The van der Waals surface area contributed by atoms with E-state index < -0.39 is 0 Å². The number of hydrogen-bond acceptors (Lipinski definition) is 2. The summed E-state index contributed by atoms with van der Waals surface area (Å²) >= 11 is 0. The van der Waals surface area contributed by atoms with E-state index in [4.69, 9.17) is 4.42 Å². The number of fused-ring (bicyclic) bond motifs is 6. The minimum Gasteiger partial charge on any atom is -0.456 e. The molecular weight excluding hydrogens is 595 g/mol. The third-order valence-corrected chi connectivity index (χ3v) is 11.2. The molecule has 2 nitrogen and oxygen atoms in total. The number of anilines is 2. The van der Waals surface area contributed by atoms with Crippen LogP contribution in [0, 0.1) is 5.92 Å². The van der Waals surface area contributed by atoms with Crippen molar-refractivity contribution in [2.24, 2.45) is 5.92 Å². The van der Waals surface area contributed by atoms with E-state index in [1.807, 2.05) is 12.1 Å². The second kappa shape index (κ2) is 11.1. The van der Waals surface area contributed by atoms with Gasteiger partial charge in [0.25, 0.3) is 0 Å². The topological polar surface area (TPSA) is 16.4 Å². The molecule has 6 aromatic rings. The Morgan fingerprint density at radius 3 is 2.14 bits per heavy atom. The molecular formula is C47H41NO. The van der Waals surface area contributed by atoms with Crippen LogP contribution in [0.4, 0.5) is 11.4 Å². The van der Waals surface area contributed by atoms with Crippen LogP contribution in [-0.4, -0.2) is 5.54 Å². The van der Waals surface area contributed by atoms with Crippen molar-refractivity contribution in [3.05, 3.63) is 168 Å². The molecule has 0 spiro atoms. The summed E-state index contributed by atoms with van der Waals surface area (Å²) in [7, 11) is 0. The van der Waals surface area contributed by atoms with Crippen molar-refractivity contribution in [3.63, 3.8) is 0 Å². The molecule has 2 atom stereocenters. The maximum absolute atomic E-state index is 6.11. The zero-order valence-electron chi connectivity index (χ0n) is 28.7. The number of para-hydroxylation sites is 1. The molecule has 3 aliphatic carbocycles. The number of furan rings is 1. The first-order chi connectivity index (χ1) is 23.8. The standard InChI is InChI=1S/C47H41NO/c1-31-13-15-32(16-14-31)34-25-27-47(4,28-26-34)48(37-22-23-39-38-9-5-7-11-42(38)46(2,3)43(39)30-37)36-20-17-33(18-21-36)35-19-24-45-41(29-35)40-10-6-8-12-44(40)49-45/h5-13,15-27,29-31H,14,28H2,1-4H3/t31?,47-/m0/s1. The molecule has 0 bridgehead atoms. The molecule has 9 rings (SSSR count). The number of benzene rings is 5. The Balaban J connectivity index is 1.12. The summed E-state index contributed by atoms with van der Waals surface area (Å²) in [6.07, 6.45) is 16.2. The maximum Gasteiger partial charge on any atom is 0.135 e. The van der Waals surface area contributed by atoms with Crippen molar-refractivity contribution in [1.29, 1.82) is 0 Å². The van der Waals surface area contributed by atoms with Gasteiger partial charge in [-0.1, -0.05) is 124 Å². The number of nitrogens with zero attached hydrogens (tertiary/aromatic N) is 1. The second-order valence-electron chi connectivity index (χ2n) is 14.9. The van der Waals surface area contributed by atoms with E-state index in [1.54, 1.807) is 0 Å². The van der Waals surface area contributed by atoms with E-state index in [0.717, 1.165) is 34.8 Å². The van der Waals surface area contributed by atoms with Crippen molar-refractivity contribution >= 4 is 33.3 Å². The molecule has 0 radical (unpaired) electrons. The van der Waals surface area contributed by atoms with Gasteiger partial charge in [0.2, 0.25) is 0 Å². The van der Waals surface area contributed by atoms with Crippen LogP contribution in [0.1, 0.15) is 51.7 Å². The highest BCUT2D eigenvalue weighted by Crippen LogP contribution is 2.51. The molecule has 49 heavy (non-hydrogen) atoms. The number of hydrogen-bond donors (Lipinski definition) is 0. The number of rotatable bonds is 5. The Bertz CT molecular complexity index is 2400. The maximum atomic E-state index is 6.11. The summed E-state index contributed by atoms with van der Waals surface area (Å²) in [4.78, 5) is 2.56. The fraction of sp³-hybridized carbons (Fsp3) is 0.191. The molecule has 5 aromatic carbocycles. The number of allylic oxidation sites excluding steroid dienone is 6. The van der Waals surface area contributed by atoms with E-state index in [0.29, 0.717) is 5.92 Å². The fourth-order valence-corrected chi connectivity index (χ4v) is 8.32. The normalized spacial score (nSPS) is 20.6. The van der Waals surface area contributed by atoms with Crippen LogP contribution >= 0.6 is 0 Å². The largest absolute Gasteiger partial charge is 0.456 e. The molecule has 0 N–H and O–H groups in total. The molecule has 0 amide bonds. The van der Waals surface area contributed by atoms with Crippen LogP contribution in [0.5, 0.6) is 0 Å². The van der Waals surface area contributed by atoms with E-state index in [2.05, 4.69) is 166 Å². The van der Waals surface area contributed by atoms with Gasteiger partial charge in [-0.05, 0) is 113 Å². The van der Waals surface area contributed by atoms with Crippen LogP contribution in [0.15, 0.2) is 161 Å². The zero-order chi connectivity index (χ0) is 33.3. The molecule has 1 heterocycles. The summed E-state index contributed by atoms with van der Waals surface area (Å²) < 4.78 is 6.11. The van der Waals surface area contributed by atoms with Gasteiger partial charge in [0.15, 0.2) is 0 Å². The van der Waals surface area contributed by atoms with Crippen LogP contribution in [0.25, 0.3) is 44.2 Å². The van der Waals surface area contributed by atoms with Gasteiger partial charge in [0.1, 0.15) is 11.2 Å². The lowest BCUT2D eigenvalue weighted by molar-refractivity contribution is 0.567. The first-order valence-electron chi connectivity index (χ1n) is 17.6. The summed E-state index contributed by atoms with van der Waals surface area (Å²) in [5, 5.41) is 2.31. The summed E-state index contributed by atoms with van der Waals surface area (Å²) in [6.45, 7) is 9.39. The summed E-state index contributed by atoms with van der Waals surface area (Å²) in [5.74, 6) is 0.608. The van der Waals surface area contributed by atoms with E-state index in [1.165, 1.54) is 55.9 Å². The molecule has 1 unspecified atom stereocenters.